The van der Waals surface area contributed by atoms with Crippen molar-refractivity contribution in [1.29, 1.82) is 0 Å². The van der Waals surface area contributed by atoms with Crippen molar-refractivity contribution in [3.05, 3.63) is 59.2 Å². The molecule has 0 aliphatic carbocycles. The molecule has 0 radical (unpaired) electrons. The van der Waals surface area contributed by atoms with Crippen LogP contribution in [0.5, 0.6) is 5.75 Å². The lowest BCUT2D eigenvalue weighted by molar-refractivity contribution is -0.117. The van der Waals surface area contributed by atoms with E-state index in [2.05, 4.69) is 5.32 Å². The molecule has 3 rings (SSSR count). The number of hydrogen-bond acceptors (Lipinski definition) is 4. The topological polar surface area (TPSA) is 72.9 Å². The quantitative estimate of drug-likeness (QED) is 0.870. The molecule has 1 fully saturated rings. The number of aryl methyl sites for hydroxylation is 1. The number of para-hydroxylation sites is 1. The SMILES string of the molecule is Cc1cccc(NC(=O)CN2CCN(C(=O)c3ccccc3O)CC2)c1C. The van der Waals surface area contributed by atoms with E-state index in [1.807, 2.05) is 36.9 Å². The minimum absolute atomic E-state index is 0.00201. The van der Waals surface area contributed by atoms with Crippen LogP contribution in [-0.2, 0) is 4.79 Å². The van der Waals surface area contributed by atoms with Crippen molar-refractivity contribution < 1.29 is 14.7 Å². The number of piperazine rings is 1. The van der Waals surface area contributed by atoms with Crippen LogP contribution in [0, 0.1) is 13.8 Å². The molecule has 0 aromatic heterocycles. The van der Waals surface area contributed by atoms with Crippen molar-refractivity contribution in [3.63, 3.8) is 0 Å². The summed E-state index contributed by atoms with van der Waals surface area (Å²) in [6, 6.07) is 12.4. The molecule has 1 aliphatic rings. The molecule has 0 spiro atoms. The van der Waals surface area contributed by atoms with Gasteiger partial charge in [0.05, 0.1) is 12.1 Å². The standard InChI is InChI=1S/C21H25N3O3/c1-15-6-5-8-18(16(15)2)22-20(26)14-23-10-12-24(13-11-23)21(27)17-7-3-4-9-19(17)25/h3-9,25H,10-14H2,1-2H3,(H,22,26). The fourth-order valence-corrected chi connectivity index (χ4v) is 3.21. The maximum Gasteiger partial charge on any atom is 0.257 e. The summed E-state index contributed by atoms with van der Waals surface area (Å²) in [4.78, 5) is 28.6. The lowest BCUT2D eigenvalue weighted by atomic mass is 10.1. The molecule has 2 aromatic rings. The Hall–Kier alpha value is -2.86. The molecule has 0 saturated carbocycles. The summed E-state index contributed by atoms with van der Waals surface area (Å²) in [7, 11) is 0. The number of rotatable bonds is 4. The highest BCUT2D eigenvalue weighted by molar-refractivity contribution is 5.97. The zero-order valence-electron chi connectivity index (χ0n) is 15.7. The fraction of sp³-hybridized carbons (Fsp3) is 0.333. The molecule has 2 amide bonds. The molecule has 1 saturated heterocycles. The first kappa shape index (κ1) is 18.9. The van der Waals surface area contributed by atoms with Crippen LogP contribution in [0.1, 0.15) is 21.5 Å². The summed E-state index contributed by atoms with van der Waals surface area (Å²) < 4.78 is 0. The van der Waals surface area contributed by atoms with Gasteiger partial charge in [0.25, 0.3) is 5.91 Å². The van der Waals surface area contributed by atoms with Gasteiger partial charge in [-0.3, -0.25) is 14.5 Å². The summed E-state index contributed by atoms with van der Waals surface area (Å²) in [5.74, 6) is -0.227. The number of nitrogens with one attached hydrogen (secondary N) is 1. The highest BCUT2D eigenvalue weighted by Crippen LogP contribution is 2.19. The van der Waals surface area contributed by atoms with Crippen molar-refractivity contribution in [2.75, 3.05) is 38.0 Å². The van der Waals surface area contributed by atoms with Crippen molar-refractivity contribution in [1.82, 2.24) is 9.80 Å². The second-order valence-electron chi connectivity index (χ2n) is 6.88. The first-order chi connectivity index (χ1) is 13.0. The van der Waals surface area contributed by atoms with Gasteiger partial charge >= 0.3 is 0 Å². The monoisotopic (exact) mass is 367 g/mol. The van der Waals surface area contributed by atoms with E-state index < -0.39 is 0 Å². The Balaban J connectivity index is 1.52. The van der Waals surface area contributed by atoms with Crippen molar-refractivity contribution in [3.8, 4) is 5.75 Å². The van der Waals surface area contributed by atoms with E-state index >= 15 is 0 Å². The van der Waals surface area contributed by atoms with E-state index in [0.29, 0.717) is 38.3 Å². The average Bonchev–Trinajstić information content (AvgIpc) is 2.66. The summed E-state index contributed by atoms with van der Waals surface area (Å²) in [5.41, 5.74) is 3.38. The summed E-state index contributed by atoms with van der Waals surface area (Å²) >= 11 is 0. The summed E-state index contributed by atoms with van der Waals surface area (Å²) in [6.45, 7) is 6.62. The number of carbonyl (C=O) groups excluding carboxylic acids is 2. The molecule has 6 nitrogen and oxygen atoms in total. The number of benzene rings is 2. The maximum atomic E-state index is 12.5. The van der Waals surface area contributed by atoms with Gasteiger partial charge < -0.3 is 15.3 Å². The van der Waals surface area contributed by atoms with Crippen molar-refractivity contribution in [2.45, 2.75) is 13.8 Å². The lowest BCUT2D eigenvalue weighted by Gasteiger charge is -2.34. The van der Waals surface area contributed by atoms with Gasteiger partial charge in [-0.2, -0.15) is 0 Å². The smallest absolute Gasteiger partial charge is 0.257 e. The van der Waals surface area contributed by atoms with Crippen LogP contribution in [-0.4, -0.2) is 59.4 Å². The largest absolute Gasteiger partial charge is 0.507 e. The third kappa shape index (κ3) is 4.46. The van der Waals surface area contributed by atoms with E-state index in [-0.39, 0.29) is 17.6 Å². The Morgan fingerprint density at radius 2 is 1.70 bits per heavy atom. The molecule has 27 heavy (non-hydrogen) atoms. The normalized spacial score (nSPS) is 14.8. The molecule has 1 aliphatic heterocycles. The number of nitrogens with zero attached hydrogens (tertiary/aromatic N) is 2. The molecule has 6 heteroatoms. The van der Waals surface area contributed by atoms with Gasteiger partial charge in [0.1, 0.15) is 5.75 Å². The minimum atomic E-state index is -0.174. The van der Waals surface area contributed by atoms with Crippen LogP contribution in [0.25, 0.3) is 0 Å². The predicted molar refractivity (Wildman–Crippen MR) is 105 cm³/mol. The van der Waals surface area contributed by atoms with Crippen molar-refractivity contribution >= 4 is 17.5 Å². The lowest BCUT2D eigenvalue weighted by Crippen LogP contribution is -2.50. The third-order valence-electron chi connectivity index (χ3n) is 5.04. The number of phenols is 1. The second-order valence-corrected chi connectivity index (χ2v) is 6.88. The molecule has 1 heterocycles. The van der Waals surface area contributed by atoms with Crippen LogP contribution >= 0.6 is 0 Å². The molecule has 0 unspecified atom stereocenters. The zero-order valence-corrected chi connectivity index (χ0v) is 15.7. The number of phenolic OH excluding ortho intramolecular Hbond substituents is 1. The Labute approximate surface area is 159 Å². The number of anilines is 1. The zero-order chi connectivity index (χ0) is 19.4. The van der Waals surface area contributed by atoms with Crippen LogP contribution in [0.2, 0.25) is 0 Å². The molecule has 2 N–H and O–H groups in total. The predicted octanol–water partition coefficient (Wildman–Crippen LogP) is 2.41. The highest BCUT2D eigenvalue weighted by Gasteiger charge is 2.24. The number of aromatic hydroxyl groups is 1. The van der Waals surface area contributed by atoms with Gasteiger partial charge in [0.15, 0.2) is 0 Å². The number of carbonyl (C=O) groups is 2. The van der Waals surface area contributed by atoms with Gasteiger partial charge in [-0.15, -0.1) is 0 Å². The number of amides is 2. The Morgan fingerprint density at radius 3 is 2.41 bits per heavy atom. The first-order valence-electron chi connectivity index (χ1n) is 9.11. The molecular weight excluding hydrogens is 342 g/mol. The Bertz CT molecular complexity index is 842. The molecule has 0 bridgehead atoms. The average molecular weight is 367 g/mol. The second kappa shape index (κ2) is 8.22. The van der Waals surface area contributed by atoms with E-state index in [4.69, 9.17) is 0 Å². The van der Waals surface area contributed by atoms with E-state index in [9.17, 15) is 14.7 Å². The van der Waals surface area contributed by atoms with Gasteiger partial charge in [-0.1, -0.05) is 24.3 Å². The Kier molecular flexibility index (Phi) is 5.76. The van der Waals surface area contributed by atoms with Gasteiger partial charge in [0.2, 0.25) is 5.91 Å². The van der Waals surface area contributed by atoms with E-state index in [1.54, 1.807) is 23.1 Å². The number of hydrogen-bond donors (Lipinski definition) is 2. The van der Waals surface area contributed by atoms with Crippen LogP contribution in [0.3, 0.4) is 0 Å². The van der Waals surface area contributed by atoms with Crippen molar-refractivity contribution in [2.24, 2.45) is 0 Å². The third-order valence-corrected chi connectivity index (χ3v) is 5.04. The van der Waals surface area contributed by atoms with Crippen LogP contribution in [0.4, 0.5) is 5.69 Å². The van der Waals surface area contributed by atoms with Crippen LogP contribution in [0.15, 0.2) is 42.5 Å². The van der Waals surface area contributed by atoms with Gasteiger partial charge in [-0.25, -0.2) is 0 Å². The van der Waals surface area contributed by atoms with Gasteiger partial charge in [-0.05, 0) is 43.2 Å². The van der Waals surface area contributed by atoms with Crippen LogP contribution < -0.4 is 5.32 Å². The fourth-order valence-electron chi connectivity index (χ4n) is 3.21. The molecule has 0 atom stereocenters. The minimum Gasteiger partial charge on any atom is -0.507 e. The Morgan fingerprint density at radius 1 is 1.00 bits per heavy atom. The molecule has 142 valence electrons. The molecule has 2 aromatic carbocycles. The summed E-state index contributed by atoms with van der Waals surface area (Å²) in [5, 5.41) is 12.8. The first-order valence-corrected chi connectivity index (χ1v) is 9.11. The van der Waals surface area contributed by atoms with E-state index in [1.165, 1.54) is 6.07 Å². The highest BCUT2D eigenvalue weighted by atomic mass is 16.3. The van der Waals surface area contributed by atoms with E-state index in [0.717, 1.165) is 16.8 Å². The maximum absolute atomic E-state index is 12.5. The molecular formula is C21H25N3O3. The summed E-state index contributed by atoms with van der Waals surface area (Å²) in [6.07, 6.45) is 0. The van der Waals surface area contributed by atoms with Gasteiger partial charge in [0, 0.05) is 31.9 Å².